The predicted molar refractivity (Wildman–Crippen MR) is 177 cm³/mol. The third kappa shape index (κ3) is 6.17. The van der Waals surface area contributed by atoms with Crippen LogP contribution in [-0.4, -0.2) is 34.2 Å². The molecular weight excluding hydrogens is 609 g/mol. The van der Waals surface area contributed by atoms with E-state index in [1.807, 2.05) is 73.5 Å². The van der Waals surface area contributed by atoms with Crippen LogP contribution in [0.5, 0.6) is 23.0 Å². The summed E-state index contributed by atoms with van der Waals surface area (Å²) in [5.41, 5.74) is 2.70. The molecule has 4 aromatic carbocycles. The average Bonchev–Trinajstić information content (AvgIpc) is 3.54. The summed E-state index contributed by atoms with van der Waals surface area (Å²) in [5, 5.41) is 0. The van der Waals surface area contributed by atoms with Crippen molar-refractivity contribution in [2.45, 2.75) is 13.8 Å². The predicted octanol–water partition coefficient (Wildman–Crippen LogP) is 6.86. The van der Waals surface area contributed by atoms with Crippen molar-refractivity contribution in [3.8, 4) is 23.0 Å². The molecule has 0 saturated heterocycles. The van der Waals surface area contributed by atoms with Crippen molar-refractivity contribution in [3.63, 3.8) is 0 Å². The van der Waals surface area contributed by atoms with E-state index in [4.69, 9.17) is 14.2 Å². The van der Waals surface area contributed by atoms with Crippen molar-refractivity contribution in [1.82, 2.24) is 9.13 Å². The molecule has 2 aromatic heterocycles. The maximum Gasteiger partial charge on any atom is 0.279 e. The fraction of sp³-hybridized carbons (Fsp3) is 0.176. The molecule has 6 aromatic rings. The zero-order valence-electron chi connectivity index (χ0n) is 25.1. The fourth-order valence-electron chi connectivity index (χ4n) is 4.86. The maximum atomic E-state index is 13.0. The molecule has 11 heteroatoms. The highest BCUT2D eigenvalue weighted by atomic mass is 32.1. The van der Waals surface area contributed by atoms with Crippen LogP contribution in [0, 0.1) is 0 Å². The topological polar surface area (TPSA) is 96.4 Å². The van der Waals surface area contributed by atoms with Crippen LogP contribution in [0.4, 0.5) is 0 Å². The van der Waals surface area contributed by atoms with Gasteiger partial charge in [0.1, 0.15) is 34.0 Å². The van der Waals surface area contributed by atoms with Crippen LogP contribution >= 0.6 is 22.7 Å². The first kappa shape index (κ1) is 30.0. The van der Waals surface area contributed by atoms with Gasteiger partial charge in [-0.25, -0.2) is 0 Å². The molecule has 0 fully saturated rings. The Bertz CT molecular complexity index is 2020. The molecule has 0 N–H and O–H groups in total. The first-order chi connectivity index (χ1) is 21.9. The SMILES string of the molecule is CCOc1cccc2sc(=NC(=O)c3ccc(Oc4ccc(C(=O)N=c5sc6cccc(OCC)c6n5C)cc4)cc3)n(C)c12. The number of hydrogen-bond donors (Lipinski definition) is 0. The fourth-order valence-corrected chi connectivity index (χ4v) is 6.93. The van der Waals surface area contributed by atoms with Gasteiger partial charge >= 0.3 is 0 Å². The smallest absolute Gasteiger partial charge is 0.279 e. The monoisotopic (exact) mass is 638 g/mol. The van der Waals surface area contributed by atoms with Crippen molar-refractivity contribution in [1.29, 1.82) is 0 Å². The third-order valence-corrected chi connectivity index (χ3v) is 9.20. The van der Waals surface area contributed by atoms with E-state index in [0.717, 1.165) is 31.9 Å². The van der Waals surface area contributed by atoms with Gasteiger partial charge in [0, 0.05) is 25.2 Å². The van der Waals surface area contributed by atoms with Crippen molar-refractivity contribution < 1.29 is 23.8 Å². The highest BCUT2D eigenvalue weighted by molar-refractivity contribution is 7.16. The molecule has 0 unspecified atom stereocenters. The van der Waals surface area contributed by atoms with E-state index in [2.05, 4.69) is 9.98 Å². The lowest BCUT2D eigenvalue weighted by Gasteiger charge is -2.07. The zero-order chi connectivity index (χ0) is 31.5. The molecule has 0 aliphatic rings. The summed E-state index contributed by atoms with van der Waals surface area (Å²) in [6.45, 7) is 4.98. The summed E-state index contributed by atoms with van der Waals surface area (Å²) in [7, 11) is 3.75. The molecule has 45 heavy (non-hydrogen) atoms. The second-order valence-corrected chi connectivity index (χ2v) is 12.0. The number of carbonyl (C=O) groups excluding carboxylic acids is 2. The van der Waals surface area contributed by atoms with Gasteiger partial charge in [0.05, 0.1) is 22.6 Å². The van der Waals surface area contributed by atoms with Crippen LogP contribution in [0.15, 0.2) is 94.9 Å². The van der Waals surface area contributed by atoms with Crippen molar-refractivity contribution in [2.75, 3.05) is 13.2 Å². The molecule has 0 atom stereocenters. The number of thiazole rings is 2. The Hall–Kier alpha value is -5.00. The molecule has 0 bridgehead atoms. The van der Waals surface area contributed by atoms with Crippen LogP contribution in [0.3, 0.4) is 0 Å². The Balaban J connectivity index is 1.15. The molecule has 0 radical (unpaired) electrons. The van der Waals surface area contributed by atoms with Crippen LogP contribution in [0.25, 0.3) is 20.4 Å². The van der Waals surface area contributed by atoms with Gasteiger partial charge in [-0.2, -0.15) is 9.98 Å². The van der Waals surface area contributed by atoms with Gasteiger partial charge in [0.25, 0.3) is 11.8 Å². The molecule has 9 nitrogen and oxygen atoms in total. The quantitative estimate of drug-likeness (QED) is 0.181. The second-order valence-electron chi connectivity index (χ2n) is 9.94. The zero-order valence-corrected chi connectivity index (χ0v) is 26.8. The largest absolute Gasteiger partial charge is 0.492 e. The van der Waals surface area contributed by atoms with E-state index in [-0.39, 0.29) is 11.8 Å². The number of benzene rings is 4. The standard InChI is InChI=1S/C34H30N4O5S2/c1-5-41-25-9-7-11-27-29(25)37(3)33(44-27)35-31(39)21-13-17-23(18-14-21)43-24-19-15-22(16-20-24)32(40)36-34-38(4)30-26(42-6-2)10-8-12-28(30)45-34/h7-20H,5-6H2,1-4H3. The molecule has 6 rings (SSSR count). The minimum Gasteiger partial charge on any atom is -0.492 e. The van der Waals surface area contributed by atoms with Gasteiger partial charge < -0.3 is 23.3 Å². The minimum absolute atomic E-state index is 0.352. The number of fused-ring (bicyclic) bond motifs is 2. The number of para-hydroxylation sites is 2. The lowest BCUT2D eigenvalue weighted by Crippen LogP contribution is -2.13. The Kier molecular flexibility index (Phi) is 8.63. The molecule has 0 spiro atoms. The molecule has 2 heterocycles. The van der Waals surface area contributed by atoms with E-state index < -0.39 is 0 Å². The number of nitrogens with zero attached hydrogens (tertiary/aromatic N) is 4. The number of hydrogen-bond acceptors (Lipinski definition) is 7. The van der Waals surface area contributed by atoms with Crippen LogP contribution in [-0.2, 0) is 14.1 Å². The van der Waals surface area contributed by atoms with Crippen LogP contribution < -0.4 is 23.8 Å². The van der Waals surface area contributed by atoms with E-state index in [9.17, 15) is 9.59 Å². The third-order valence-electron chi connectivity index (χ3n) is 7.00. The molecule has 2 amide bonds. The Morgan fingerprint density at radius 3 is 1.40 bits per heavy atom. The molecule has 228 valence electrons. The van der Waals surface area contributed by atoms with E-state index in [0.29, 0.717) is 45.4 Å². The van der Waals surface area contributed by atoms with E-state index in [1.165, 1.54) is 22.7 Å². The number of carbonyl (C=O) groups is 2. The van der Waals surface area contributed by atoms with Gasteiger partial charge in [-0.05, 0) is 86.6 Å². The lowest BCUT2D eigenvalue weighted by molar-refractivity contribution is 0.0989. The van der Waals surface area contributed by atoms with E-state index in [1.54, 1.807) is 48.5 Å². The van der Waals surface area contributed by atoms with Crippen molar-refractivity contribution >= 4 is 54.9 Å². The number of amides is 2. The Labute approximate surface area is 266 Å². The summed E-state index contributed by atoms with van der Waals surface area (Å²) in [5.74, 6) is 1.91. The van der Waals surface area contributed by atoms with Gasteiger partial charge in [0.15, 0.2) is 9.60 Å². The first-order valence-electron chi connectivity index (χ1n) is 14.3. The molecular formula is C34H30N4O5S2. The summed E-state index contributed by atoms with van der Waals surface area (Å²) in [6, 6.07) is 25.2. The number of aromatic nitrogens is 2. The van der Waals surface area contributed by atoms with Gasteiger partial charge in [-0.1, -0.05) is 34.8 Å². The van der Waals surface area contributed by atoms with Gasteiger partial charge in [-0.3, -0.25) is 9.59 Å². The van der Waals surface area contributed by atoms with Crippen LogP contribution in [0.1, 0.15) is 34.6 Å². The minimum atomic E-state index is -0.352. The average molecular weight is 639 g/mol. The van der Waals surface area contributed by atoms with Gasteiger partial charge in [-0.15, -0.1) is 0 Å². The summed E-state index contributed by atoms with van der Waals surface area (Å²) in [6.07, 6.45) is 0. The number of aryl methyl sites for hydroxylation is 2. The highest BCUT2D eigenvalue weighted by Crippen LogP contribution is 2.28. The second kappa shape index (κ2) is 12.9. The normalized spacial score (nSPS) is 12.2. The van der Waals surface area contributed by atoms with Gasteiger partial charge in [0.2, 0.25) is 0 Å². The summed E-state index contributed by atoms with van der Waals surface area (Å²) < 4.78 is 23.2. The number of ether oxygens (including phenoxy) is 3. The number of rotatable bonds is 8. The Morgan fingerprint density at radius 1 is 0.622 bits per heavy atom. The van der Waals surface area contributed by atoms with Crippen LogP contribution in [0.2, 0.25) is 0 Å². The maximum absolute atomic E-state index is 13.0. The molecule has 0 saturated carbocycles. The molecule has 0 aliphatic heterocycles. The van der Waals surface area contributed by atoms with Crippen molar-refractivity contribution in [2.24, 2.45) is 24.1 Å². The van der Waals surface area contributed by atoms with Crippen molar-refractivity contribution in [3.05, 3.63) is 106 Å². The summed E-state index contributed by atoms with van der Waals surface area (Å²) in [4.78, 5) is 35.9. The molecule has 0 aliphatic carbocycles. The Morgan fingerprint density at radius 2 is 1.02 bits per heavy atom. The lowest BCUT2D eigenvalue weighted by atomic mass is 10.2. The highest BCUT2D eigenvalue weighted by Gasteiger charge is 2.13. The van der Waals surface area contributed by atoms with E-state index >= 15 is 0 Å². The first-order valence-corrected chi connectivity index (χ1v) is 16.0. The summed E-state index contributed by atoms with van der Waals surface area (Å²) >= 11 is 2.87.